The summed E-state index contributed by atoms with van der Waals surface area (Å²) in [6.07, 6.45) is 1.81. The number of aromatic nitrogens is 2. The smallest absolute Gasteiger partial charge is 0.255 e. The fraction of sp³-hybridized carbons (Fsp3) is 0.412. The fourth-order valence-corrected chi connectivity index (χ4v) is 2.99. The summed E-state index contributed by atoms with van der Waals surface area (Å²) in [6, 6.07) is 8.10. The van der Waals surface area contributed by atoms with Crippen molar-refractivity contribution in [3.8, 4) is 0 Å². The summed E-state index contributed by atoms with van der Waals surface area (Å²) in [6.45, 7) is 5.75. The minimum Gasteiger partial charge on any atom is -0.352 e. The molecular weight excluding hydrogens is 392 g/mol. The number of carbonyl (C=O) groups is 1. The van der Waals surface area contributed by atoms with Gasteiger partial charge in [0.05, 0.1) is 17.8 Å². The lowest BCUT2D eigenvalue weighted by Gasteiger charge is -2.07. The van der Waals surface area contributed by atoms with E-state index < -0.39 is 0 Å². The molecule has 132 valence electrons. The zero-order chi connectivity index (χ0) is 16.8. The number of halogens is 2. The number of nitrogens with one attached hydrogen (secondary N) is 1. The molecule has 1 aromatic heterocycles. The molecule has 2 aromatic rings. The van der Waals surface area contributed by atoms with E-state index >= 15 is 0 Å². The molecule has 0 saturated heterocycles. The molecule has 24 heavy (non-hydrogen) atoms. The second-order valence-corrected chi connectivity index (χ2v) is 6.50. The van der Waals surface area contributed by atoms with Gasteiger partial charge in [-0.25, -0.2) is 0 Å². The maximum absolute atomic E-state index is 12.4. The number of hydrogen-bond acceptors (Lipinski definition) is 3. The van der Waals surface area contributed by atoms with Crippen molar-refractivity contribution in [2.24, 2.45) is 5.73 Å². The molecule has 0 bridgehead atoms. The van der Waals surface area contributed by atoms with E-state index in [1.165, 1.54) is 0 Å². The Morgan fingerprint density at radius 3 is 2.75 bits per heavy atom. The molecule has 0 aliphatic carbocycles. The molecule has 1 aromatic carbocycles. The summed E-state index contributed by atoms with van der Waals surface area (Å²) < 4.78 is 2.92. The average Bonchev–Trinajstić information content (AvgIpc) is 2.78. The van der Waals surface area contributed by atoms with E-state index in [2.05, 4.69) is 32.4 Å². The topological polar surface area (TPSA) is 72.9 Å². The molecular formula is C17H24BrClN4O. The Hall–Kier alpha value is -1.37. The molecule has 2 rings (SSSR count). The van der Waals surface area contributed by atoms with Crippen LogP contribution < -0.4 is 11.1 Å². The minimum absolute atomic E-state index is 0. The van der Waals surface area contributed by atoms with E-state index in [9.17, 15) is 4.79 Å². The van der Waals surface area contributed by atoms with Gasteiger partial charge in [-0.05, 0) is 50.9 Å². The van der Waals surface area contributed by atoms with Crippen LogP contribution in [0.4, 0.5) is 0 Å². The number of nitrogens with zero attached hydrogens (tertiary/aromatic N) is 2. The minimum atomic E-state index is -0.0579. The lowest BCUT2D eigenvalue weighted by Crippen LogP contribution is -2.26. The summed E-state index contributed by atoms with van der Waals surface area (Å²) in [5, 5.41) is 7.47. The number of amides is 1. The van der Waals surface area contributed by atoms with Crippen LogP contribution >= 0.6 is 28.3 Å². The van der Waals surface area contributed by atoms with E-state index in [1.54, 1.807) is 0 Å². The number of unbranched alkanes of at least 4 members (excludes halogenated alkanes) is 1. The number of rotatable bonds is 7. The highest BCUT2D eigenvalue weighted by molar-refractivity contribution is 9.10. The van der Waals surface area contributed by atoms with Crippen molar-refractivity contribution >= 4 is 34.2 Å². The van der Waals surface area contributed by atoms with Crippen LogP contribution in [0.5, 0.6) is 0 Å². The molecule has 1 heterocycles. The number of hydrogen-bond donors (Lipinski definition) is 2. The van der Waals surface area contributed by atoms with Crippen LogP contribution in [0.2, 0.25) is 0 Å². The predicted molar refractivity (Wildman–Crippen MR) is 103 cm³/mol. The van der Waals surface area contributed by atoms with Gasteiger partial charge in [-0.2, -0.15) is 5.10 Å². The molecule has 0 fully saturated rings. The third kappa shape index (κ3) is 5.33. The first-order valence-electron chi connectivity index (χ1n) is 7.79. The van der Waals surface area contributed by atoms with Crippen molar-refractivity contribution in [3.63, 3.8) is 0 Å². The van der Waals surface area contributed by atoms with Gasteiger partial charge in [-0.3, -0.25) is 9.48 Å². The molecule has 3 N–H and O–H groups in total. The predicted octanol–water partition coefficient (Wildman–Crippen LogP) is 3.20. The van der Waals surface area contributed by atoms with Crippen LogP contribution in [-0.2, 0) is 6.54 Å². The van der Waals surface area contributed by atoms with Crippen LogP contribution in [-0.4, -0.2) is 28.8 Å². The van der Waals surface area contributed by atoms with E-state index in [0.29, 0.717) is 25.2 Å². The van der Waals surface area contributed by atoms with Gasteiger partial charge >= 0.3 is 0 Å². The van der Waals surface area contributed by atoms with Crippen LogP contribution in [0.25, 0.3) is 0 Å². The molecule has 7 heteroatoms. The van der Waals surface area contributed by atoms with Crippen molar-refractivity contribution in [1.29, 1.82) is 0 Å². The number of carbonyl (C=O) groups excluding carboxylic acids is 1. The summed E-state index contributed by atoms with van der Waals surface area (Å²) in [4.78, 5) is 12.4. The number of benzene rings is 1. The molecule has 5 nitrogen and oxygen atoms in total. The summed E-state index contributed by atoms with van der Waals surface area (Å²) in [5.74, 6) is -0.0579. The lowest BCUT2D eigenvalue weighted by molar-refractivity contribution is 0.0951. The third-order valence-corrected chi connectivity index (χ3v) is 4.24. The highest BCUT2D eigenvalue weighted by Crippen LogP contribution is 2.17. The van der Waals surface area contributed by atoms with Crippen LogP contribution in [0.15, 0.2) is 28.7 Å². The summed E-state index contributed by atoms with van der Waals surface area (Å²) in [5.41, 5.74) is 8.92. The largest absolute Gasteiger partial charge is 0.352 e. The Labute approximate surface area is 157 Å². The Kier molecular flexibility index (Phi) is 8.45. The second-order valence-electron chi connectivity index (χ2n) is 5.59. The SMILES string of the molecule is Cc1nn(Cc2cccc(Br)c2)c(C)c1C(=O)NCCCCN.Cl. The van der Waals surface area contributed by atoms with Gasteiger partial charge in [0.1, 0.15) is 0 Å². The van der Waals surface area contributed by atoms with Crippen molar-refractivity contribution in [2.75, 3.05) is 13.1 Å². The molecule has 0 radical (unpaired) electrons. The Bertz CT molecular complexity index is 687. The fourth-order valence-electron chi connectivity index (χ4n) is 2.55. The van der Waals surface area contributed by atoms with Gasteiger partial charge in [0.25, 0.3) is 5.91 Å². The standard InChI is InChI=1S/C17H23BrN4O.ClH/c1-12-16(17(23)20-9-4-3-8-19)13(2)22(21-12)11-14-6-5-7-15(18)10-14;/h5-7,10H,3-4,8-9,11,19H2,1-2H3,(H,20,23);1H. The zero-order valence-corrected chi connectivity index (χ0v) is 16.4. The third-order valence-electron chi connectivity index (χ3n) is 3.75. The van der Waals surface area contributed by atoms with Crippen LogP contribution in [0.1, 0.15) is 40.2 Å². The maximum Gasteiger partial charge on any atom is 0.255 e. The number of nitrogens with two attached hydrogens (primary N) is 1. The monoisotopic (exact) mass is 414 g/mol. The Morgan fingerprint density at radius 1 is 1.33 bits per heavy atom. The molecule has 1 amide bonds. The van der Waals surface area contributed by atoms with Crippen LogP contribution in [0.3, 0.4) is 0 Å². The zero-order valence-electron chi connectivity index (χ0n) is 14.0. The van der Waals surface area contributed by atoms with Gasteiger partial charge in [-0.15, -0.1) is 12.4 Å². The van der Waals surface area contributed by atoms with E-state index in [-0.39, 0.29) is 18.3 Å². The highest BCUT2D eigenvalue weighted by atomic mass is 79.9. The van der Waals surface area contributed by atoms with Crippen LogP contribution in [0, 0.1) is 13.8 Å². The van der Waals surface area contributed by atoms with Gasteiger partial charge < -0.3 is 11.1 Å². The van der Waals surface area contributed by atoms with Gasteiger partial charge in [0.15, 0.2) is 0 Å². The van der Waals surface area contributed by atoms with Crippen molar-refractivity contribution in [1.82, 2.24) is 15.1 Å². The Balaban J connectivity index is 0.00000288. The molecule has 0 unspecified atom stereocenters. The first-order chi connectivity index (χ1) is 11.0. The highest BCUT2D eigenvalue weighted by Gasteiger charge is 2.18. The van der Waals surface area contributed by atoms with E-state index in [4.69, 9.17) is 5.73 Å². The number of aryl methyl sites for hydroxylation is 1. The normalized spacial score (nSPS) is 10.3. The van der Waals surface area contributed by atoms with E-state index in [0.717, 1.165) is 34.3 Å². The second kappa shape index (κ2) is 9.81. The Morgan fingerprint density at radius 2 is 2.08 bits per heavy atom. The molecule has 0 aliphatic rings. The lowest BCUT2D eigenvalue weighted by atomic mass is 10.1. The van der Waals surface area contributed by atoms with Crippen molar-refractivity contribution in [3.05, 3.63) is 51.3 Å². The molecule has 0 aliphatic heterocycles. The summed E-state index contributed by atoms with van der Waals surface area (Å²) >= 11 is 3.48. The molecule has 0 spiro atoms. The quantitative estimate of drug-likeness (QED) is 0.682. The van der Waals surface area contributed by atoms with Gasteiger partial charge in [-0.1, -0.05) is 28.1 Å². The summed E-state index contributed by atoms with van der Waals surface area (Å²) in [7, 11) is 0. The first-order valence-corrected chi connectivity index (χ1v) is 8.59. The van der Waals surface area contributed by atoms with Gasteiger partial charge in [0.2, 0.25) is 0 Å². The van der Waals surface area contributed by atoms with Crippen molar-refractivity contribution < 1.29 is 4.79 Å². The maximum atomic E-state index is 12.4. The molecule has 0 saturated carbocycles. The van der Waals surface area contributed by atoms with E-state index in [1.807, 2.05) is 36.7 Å². The van der Waals surface area contributed by atoms with Gasteiger partial charge in [0, 0.05) is 16.7 Å². The first kappa shape index (κ1) is 20.7. The van der Waals surface area contributed by atoms with Crippen molar-refractivity contribution in [2.45, 2.75) is 33.2 Å². The average molecular weight is 416 g/mol. The molecule has 0 atom stereocenters.